The first kappa shape index (κ1) is 17.7. The van der Waals surface area contributed by atoms with Crippen LogP contribution < -0.4 is 9.47 Å². The van der Waals surface area contributed by atoms with Crippen molar-refractivity contribution in [1.29, 1.82) is 5.39 Å². The number of halogens is 1. The summed E-state index contributed by atoms with van der Waals surface area (Å²) in [6, 6.07) is 3.57. The Morgan fingerprint density at radius 2 is 2.04 bits per heavy atom. The van der Waals surface area contributed by atoms with Gasteiger partial charge in [0.15, 0.2) is 16.5 Å². The summed E-state index contributed by atoms with van der Waals surface area (Å²) in [4.78, 5) is 9.89. The maximum absolute atomic E-state index is 8.95. The smallest absolute Gasteiger partial charge is 0.422 e. The first-order valence-electron chi connectivity index (χ1n) is 8.59. The molecule has 1 saturated heterocycles. The monoisotopic (exact) mass is 361 g/mol. The Bertz CT molecular complexity index is 785. The number of fused-ring (bicyclic) bond motifs is 1. The van der Waals surface area contributed by atoms with E-state index in [4.69, 9.17) is 26.5 Å². The highest BCUT2D eigenvalue weighted by atomic mass is 35.5. The lowest BCUT2D eigenvalue weighted by molar-refractivity contribution is 0.203. The quantitative estimate of drug-likeness (QED) is 0.554. The molecule has 0 N–H and O–H groups in total. The highest BCUT2D eigenvalue weighted by Gasteiger charge is 2.19. The van der Waals surface area contributed by atoms with Gasteiger partial charge in [-0.05, 0) is 38.4 Å². The van der Waals surface area contributed by atoms with Crippen molar-refractivity contribution >= 4 is 28.2 Å². The van der Waals surface area contributed by atoms with Crippen LogP contribution in [-0.4, -0.2) is 43.2 Å². The van der Waals surface area contributed by atoms with E-state index in [2.05, 4.69) is 14.9 Å². The average molecular weight is 362 g/mol. The van der Waals surface area contributed by atoms with Gasteiger partial charge in [-0.1, -0.05) is 18.0 Å². The van der Waals surface area contributed by atoms with E-state index in [0.717, 1.165) is 13.0 Å². The van der Waals surface area contributed by atoms with Gasteiger partial charge in [0, 0.05) is 18.0 Å². The molecule has 0 amide bonds. The van der Waals surface area contributed by atoms with Crippen LogP contribution in [0.3, 0.4) is 0 Å². The molecule has 0 bridgehead atoms. The lowest BCUT2D eigenvalue weighted by Gasteiger charge is -2.26. The lowest BCUT2D eigenvalue weighted by Crippen LogP contribution is -2.31. The molecule has 1 aromatic heterocycles. The summed E-state index contributed by atoms with van der Waals surface area (Å²) in [5.74, 6) is 1.23. The SMILES string of the molecule is COc1cc2c(Cl)c([N+]#N)cnc2cc1OCCCN1CCCCC1. The number of likely N-dealkylation sites (tertiary alicyclic amines) is 1. The van der Waals surface area contributed by atoms with Gasteiger partial charge in [0.05, 0.1) is 19.2 Å². The first-order chi connectivity index (χ1) is 12.2. The van der Waals surface area contributed by atoms with E-state index in [1.165, 1.54) is 38.5 Å². The maximum Gasteiger partial charge on any atom is 0.422 e. The van der Waals surface area contributed by atoms with Gasteiger partial charge in [0.2, 0.25) is 5.39 Å². The molecular formula is C18H22ClN4O2+. The number of aromatic nitrogens is 1. The van der Waals surface area contributed by atoms with Crippen molar-refractivity contribution in [3.05, 3.63) is 28.3 Å². The predicted molar refractivity (Wildman–Crippen MR) is 98.5 cm³/mol. The van der Waals surface area contributed by atoms with Gasteiger partial charge in [0.1, 0.15) is 11.2 Å². The predicted octanol–water partition coefficient (Wildman–Crippen LogP) is 4.64. The second-order valence-electron chi connectivity index (χ2n) is 6.18. The molecule has 2 aromatic rings. The molecule has 132 valence electrons. The molecule has 2 heterocycles. The summed E-state index contributed by atoms with van der Waals surface area (Å²) >= 11 is 6.24. The molecule has 6 nitrogen and oxygen atoms in total. The molecule has 0 atom stereocenters. The molecule has 0 unspecified atom stereocenters. The molecule has 1 aromatic carbocycles. The third-order valence-electron chi connectivity index (χ3n) is 4.50. The van der Waals surface area contributed by atoms with Crippen LogP contribution in [0.1, 0.15) is 25.7 Å². The molecule has 0 radical (unpaired) electrons. The van der Waals surface area contributed by atoms with E-state index in [9.17, 15) is 0 Å². The number of benzene rings is 1. The Balaban J connectivity index is 1.69. The van der Waals surface area contributed by atoms with Gasteiger partial charge in [0.25, 0.3) is 0 Å². The standard InChI is InChI=1S/C18H22ClN4O2/c1-24-16-10-13-14(21-12-15(22-20)18(13)19)11-17(16)25-9-5-8-23-6-3-2-4-7-23/h10-12H,2-9H2,1H3/q+1. The van der Waals surface area contributed by atoms with Crippen LogP contribution in [0.5, 0.6) is 11.5 Å². The first-order valence-corrected chi connectivity index (χ1v) is 8.97. The number of hydrogen-bond donors (Lipinski definition) is 0. The number of piperidine rings is 1. The Morgan fingerprint density at radius 3 is 2.76 bits per heavy atom. The molecule has 0 saturated carbocycles. The Labute approximate surface area is 152 Å². The van der Waals surface area contributed by atoms with Gasteiger partial charge >= 0.3 is 5.69 Å². The highest BCUT2D eigenvalue weighted by molar-refractivity contribution is 6.38. The van der Waals surface area contributed by atoms with Gasteiger partial charge in [-0.2, -0.15) is 0 Å². The topological polar surface area (TPSA) is 62.7 Å². The molecule has 25 heavy (non-hydrogen) atoms. The van der Waals surface area contributed by atoms with Crippen LogP contribution >= 0.6 is 11.6 Å². The van der Waals surface area contributed by atoms with Crippen LogP contribution in [0.4, 0.5) is 5.69 Å². The van der Waals surface area contributed by atoms with Crippen molar-refractivity contribution in [3.8, 4) is 11.5 Å². The van der Waals surface area contributed by atoms with Crippen molar-refractivity contribution in [2.45, 2.75) is 25.7 Å². The van der Waals surface area contributed by atoms with E-state index in [-0.39, 0.29) is 5.69 Å². The Hall–Kier alpha value is -2.10. The van der Waals surface area contributed by atoms with E-state index in [1.807, 2.05) is 6.07 Å². The number of rotatable bonds is 6. The molecular weight excluding hydrogens is 340 g/mol. The second kappa shape index (κ2) is 8.32. The largest absolute Gasteiger partial charge is 0.493 e. The fraction of sp³-hybridized carbons (Fsp3) is 0.500. The average Bonchev–Trinajstić information content (AvgIpc) is 2.66. The van der Waals surface area contributed by atoms with Crippen molar-refractivity contribution in [2.24, 2.45) is 0 Å². The Kier molecular flexibility index (Phi) is 5.90. The number of nitrogens with zero attached hydrogens (tertiary/aromatic N) is 4. The summed E-state index contributed by atoms with van der Waals surface area (Å²) in [5, 5.41) is 9.95. The lowest BCUT2D eigenvalue weighted by atomic mass is 10.1. The van der Waals surface area contributed by atoms with Gasteiger partial charge in [-0.3, -0.25) is 0 Å². The van der Waals surface area contributed by atoms with Crippen LogP contribution in [0.2, 0.25) is 5.02 Å². The van der Waals surface area contributed by atoms with Gasteiger partial charge in [-0.25, -0.2) is 4.98 Å². The number of methoxy groups -OCH3 is 1. The summed E-state index contributed by atoms with van der Waals surface area (Å²) < 4.78 is 11.3. The number of diazo groups is 1. The molecule has 3 rings (SSSR count). The number of pyridine rings is 1. The summed E-state index contributed by atoms with van der Waals surface area (Å²) in [6.45, 7) is 4.07. The van der Waals surface area contributed by atoms with Gasteiger partial charge < -0.3 is 14.4 Å². The summed E-state index contributed by atoms with van der Waals surface area (Å²) in [5.41, 5.74) is 0.899. The molecule has 1 fully saturated rings. The molecule has 1 aliphatic rings. The van der Waals surface area contributed by atoms with Crippen LogP contribution in [0.15, 0.2) is 18.3 Å². The van der Waals surface area contributed by atoms with E-state index < -0.39 is 0 Å². The molecule has 0 spiro atoms. The van der Waals surface area contributed by atoms with E-state index in [1.54, 1.807) is 13.2 Å². The second-order valence-corrected chi connectivity index (χ2v) is 6.56. The number of ether oxygens (including phenoxy) is 2. The highest BCUT2D eigenvalue weighted by Crippen LogP contribution is 2.38. The minimum atomic E-state index is 0.228. The minimum absolute atomic E-state index is 0.228. The molecule has 0 aliphatic carbocycles. The van der Waals surface area contributed by atoms with Crippen molar-refractivity contribution in [3.63, 3.8) is 0 Å². The fourth-order valence-corrected chi connectivity index (χ4v) is 3.39. The van der Waals surface area contributed by atoms with Crippen molar-refractivity contribution in [2.75, 3.05) is 33.4 Å². The van der Waals surface area contributed by atoms with E-state index >= 15 is 0 Å². The zero-order valence-electron chi connectivity index (χ0n) is 14.4. The third-order valence-corrected chi connectivity index (χ3v) is 4.90. The normalized spacial score (nSPS) is 15.1. The molecule has 1 aliphatic heterocycles. The third kappa shape index (κ3) is 4.12. The van der Waals surface area contributed by atoms with Crippen LogP contribution in [-0.2, 0) is 0 Å². The summed E-state index contributed by atoms with van der Waals surface area (Å²) in [6.07, 6.45) is 6.35. The number of hydrogen-bond acceptors (Lipinski definition) is 5. The van der Waals surface area contributed by atoms with E-state index in [0.29, 0.717) is 34.0 Å². The van der Waals surface area contributed by atoms with Crippen molar-refractivity contribution < 1.29 is 9.47 Å². The summed E-state index contributed by atoms with van der Waals surface area (Å²) in [7, 11) is 1.59. The molecule has 7 heteroatoms. The fourth-order valence-electron chi connectivity index (χ4n) is 3.15. The minimum Gasteiger partial charge on any atom is -0.493 e. The zero-order chi connectivity index (χ0) is 17.6. The van der Waals surface area contributed by atoms with Crippen molar-refractivity contribution in [1.82, 2.24) is 9.88 Å². The van der Waals surface area contributed by atoms with Crippen LogP contribution in [0, 0.1) is 5.39 Å². The Morgan fingerprint density at radius 1 is 1.24 bits per heavy atom. The zero-order valence-corrected chi connectivity index (χ0v) is 15.1. The van der Waals surface area contributed by atoms with Gasteiger partial charge in [-0.15, -0.1) is 0 Å². The van der Waals surface area contributed by atoms with Crippen LogP contribution in [0.25, 0.3) is 15.9 Å². The maximum atomic E-state index is 8.95.